The van der Waals surface area contributed by atoms with Crippen molar-refractivity contribution in [1.82, 2.24) is 58.4 Å². The second-order valence-corrected chi connectivity index (χ2v) is 20.5. The van der Waals surface area contributed by atoms with Crippen molar-refractivity contribution in [3.05, 3.63) is 140 Å². The molecular formula is C53H66N14O4S. The van der Waals surface area contributed by atoms with Gasteiger partial charge in [-0.3, -0.25) is 9.59 Å². The summed E-state index contributed by atoms with van der Waals surface area (Å²) in [5.41, 5.74) is 12.6. The SMILES string of the molecule is CCn1c(=O)c2cnc(Nc3ccc4c(c3)CC(N(C)C)C4)nc2n1-c1cccc(C(C)(C)O)n1.CCn1c(=O)c2cnc(SC)nc2n1-c1cccc(C(C)(C)O)n1.CN(C)C1Cc2ccc(N)cc2C1. The number of thioether (sulfide) groups is 1. The molecule has 18 nitrogen and oxygen atoms in total. The largest absolute Gasteiger partial charge is 0.399 e. The fourth-order valence-electron chi connectivity index (χ4n) is 9.15. The third-order valence-corrected chi connectivity index (χ3v) is 13.8. The van der Waals surface area contributed by atoms with Crippen LogP contribution in [0.5, 0.6) is 0 Å². The van der Waals surface area contributed by atoms with E-state index in [-0.39, 0.29) is 11.1 Å². The number of likely N-dealkylation sites (N-methyl/N-ethyl adjacent to an activating group) is 2. The van der Waals surface area contributed by atoms with Gasteiger partial charge in [0.2, 0.25) is 5.95 Å². The van der Waals surface area contributed by atoms with Gasteiger partial charge < -0.3 is 31.1 Å². The molecule has 6 heterocycles. The molecule has 5 N–H and O–H groups in total. The van der Waals surface area contributed by atoms with Crippen LogP contribution in [-0.2, 0) is 50.0 Å². The van der Waals surface area contributed by atoms with Crippen molar-refractivity contribution in [2.75, 3.05) is 45.5 Å². The quantitative estimate of drug-likeness (QED) is 0.0641. The number of aliphatic hydroxyl groups is 2. The first-order valence-corrected chi connectivity index (χ1v) is 25.4. The van der Waals surface area contributed by atoms with Crippen molar-refractivity contribution >= 4 is 51.2 Å². The molecule has 0 saturated heterocycles. The Morgan fingerprint density at radius 1 is 0.653 bits per heavy atom. The number of benzene rings is 2. The van der Waals surface area contributed by atoms with Gasteiger partial charge in [0.05, 0.1) is 11.4 Å². The molecular weight excluding hydrogens is 929 g/mol. The van der Waals surface area contributed by atoms with E-state index in [0.29, 0.717) is 81.4 Å². The summed E-state index contributed by atoms with van der Waals surface area (Å²) in [5.74, 6) is 1.45. The molecule has 2 unspecified atom stereocenters. The monoisotopic (exact) mass is 995 g/mol. The molecule has 0 radical (unpaired) electrons. The molecule has 0 fully saturated rings. The molecule has 8 aromatic rings. The van der Waals surface area contributed by atoms with Gasteiger partial charge in [-0.25, -0.2) is 43.6 Å². The van der Waals surface area contributed by atoms with Crippen LogP contribution in [0, 0.1) is 0 Å². The van der Waals surface area contributed by atoms with Crippen LogP contribution in [0.4, 0.5) is 17.3 Å². The third-order valence-electron chi connectivity index (χ3n) is 13.2. The zero-order valence-corrected chi connectivity index (χ0v) is 43.9. The highest BCUT2D eigenvalue weighted by Crippen LogP contribution is 2.30. The molecule has 0 aliphatic heterocycles. The molecule has 378 valence electrons. The molecule has 19 heteroatoms. The van der Waals surface area contributed by atoms with Gasteiger partial charge in [-0.15, -0.1) is 0 Å². The third kappa shape index (κ3) is 10.7. The lowest BCUT2D eigenvalue weighted by Crippen LogP contribution is -2.27. The summed E-state index contributed by atoms with van der Waals surface area (Å²) in [6, 6.07) is 24.6. The summed E-state index contributed by atoms with van der Waals surface area (Å²) < 4.78 is 6.54. The van der Waals surface area contributed by atoms with Crippen LogP contribution >= 0.6 is 11.8 Å². The highest BCUT2D eigenvalue weighted by Gasteiger charge is 2.26. The van der Waals surface area contributed by atoms with Gasteiger partial charge in [0.1, 0.15) is 22.0 Å². The zero-order valence-electron chi connectivity index (χ0n) is 43.0. The second-order valence-electron chi connectivity index (χ2n) is 19.8. The number of nitrogens with zero attached hydrogens (tertiary/aromatic N) is 12. The molecule has 6 aromatic heterocycles. The topological polar surface area (TPSA) is 216 Å². The van der Waals surface area contributed by atoms with Crippen LogP contribution in [0.25, 0.3) is 33.7 Å². The van der Waals surface area contributed by atoms with E-state index in [4.69, 9.17) is 10.7 Å². The standard InChI is InChI=1S/C26H31N7O2.C16H19N5O2S.C11H16N2/c1-6-32-24(34)20-15-27-25(28-18-11-10-16-13-19(31(4)5)14-17(16)12-18)30-23(20)33(32)22-9-7-8-21(29-22)26(2,3)35;1-5-20-14(22)10-9-17-15(24-4)19-13(10)21(20)12-8-6-7-11(18-12)16(2,3)23;1-13(2)11-6-8-3-4-10(12)5-9(8)7-11/h7-12,15,19,35H,6,13-14H2,1-5H3,(H,27,28,30);6-9,23H,5H2,1-4H3;3-5,11H,6-7,12H2,1-2H3. The molecule has 10 rings (SSSR count). The molecule has 0 spiro atoms. The summed E-state index contributed by atoms with van der Waals surface area (Å²) in [4.78, 5) is 57.2. The second kappa shape index (κ2) is 20.8. The maximum Gasteiger partial charge on any atom is 0.278 e. The van der Waals surface area contributed by atoms with Gasteiger partial charge in [-0.1, -0.05) is 36.0 Å². The maximum atomic E-state index is 13.1. The lowest BCUT2D eigenvalue weighted by atomic mass is 10.1. The first-order chi connectivity index (χ1) is 34.2. The molecule has 2 atom stereocenters. The summed E-state index contributed by atoms with van der Waals surface area (Å²) in [6.07, 6.45) is 9.38. The number of nitrogen functional groups attached to an aromatic ring is 1. The van der Waals surface area contributed by atoms with Crippen LogP contribution in [-0.4, -0.2) is 115 Å². The normalized spacial score (nSPS) is 15.4. The molecule has 0 bridgehead atoms. The summed E-state index contributed by atoms with van der Waals surface area (Å²) in [6.45, 7) is 11.4. The predicted octanol–water partition coefficient (Wildman–Crippen LogP) is 6.24. The van der Waals surface area contributed by atoms with Crippen LogP contribution in [0.1, 0.15) is 75.2 Å². The molecule has 2 aliphatic rings. The Bertz CT molecular complexity index is 3380. The predicted molar refractivity (Wildman–Crippen MR) is 286 cm³/mol. The molecule has 0 amide bonds. The van der Waals surface area contributed by atoms with E-state index < -0.39 is 11.2 Å². The van der Waals surface area contributed by atoms with Crippen molar-refractivity contribution in [2.24, 2.45) is 0 Å². The smallest absolute Gasteiger partial charge is 0.278 e. The highest BCUT2D eigenvalue weighted by atomic mass is 32.2. The number of rotatable bonds is 11. The molecule has 0 saturated carbocycles. The molecule has 72 heavy (non-hydrogen) atoms. The number of fused-ring (bicyclic) bond motifs is 4. The van der Waals surface area contributed by atoms with Crippen LogP contribution < -0.4 is 22.2 Å². The number of anilines is 3. The minimum absolute atomic E-state index is 0.157. The van der Waals surface area contributed by atoms with E-state index in [1.54, 1.807) is 83.1 Å². The Morgan fingerprint density at radius 3 is 1.61 bits per heavy atom. The van der Waals surface area contributed by atoms with E-state index >= 15 is 0 Å². The van der Waals surface area contributed by atoms with E-state index in [0.717, 1.165) is 30.6 Å². The van der Waals surface area contributed by atoms with Crippen molar-refractivity contribution < 1.29 is 10.2 Å². The summed E-state index contributed by atoms with van der Waals surface area (Å²) in [7, 11) is 8.51. The minimum Gasteiger partial charge on any atom is -0.399 e. The van der Waals surface area contributed by atoms with Gasteiger partial charge in [0.15, 0.2) is 28.1 Å². The van der Waals surface area contributed by atoms with Gasteiger partial charge in [0.25, 0.3) is 11.1 Å². The van der Waals surface area contributed by atoms with Gasteiger partial charge in [-0.05, 0) is 172 Å². The highest BCUT2D eigenvalue weighted by molar-refractivity contribution is 7.98. The van der Waals surface area contributed by atoms with Crippen LogP contribution in [0.15, 0.2) is 99.9 Å². The first-order valence-electron chi connectivity index (χ1n) is 24.2. The Morgan fingerprint density at radius 2 is 1.12 bits per heavy atom. The fourth-order valence-corrected chi connectivity index (χ4v) is 9.48. The van der Waals surface area contributed by atoms with E-state index in [2.05, 4.69) is 92.5 Å². The number of nitrogens with one attached hydrogen (secondary N) is 1. The number of hydrogen-bond donors (Lipinski definition) is 4. The number of nitrogens with two attached hydrogens (primary N) is 1. The lowest BCUT2D eigenvalue weighted by molar-refractivity contribution is 0.0733. The number of pyridine rings is 2. The van der Waals surface area contributed by atoms with Crippen molar-refractivity contribution in [3.8, 4) is 11.6 Å². The van der Waals surface area contributed by atoms with E-state index in [9.17, 15) is 19.8 Å². The Hall–Kier alpha value is -6.77. The van der Waals surface area contributed by atoms with Crippen molar-refractivity contribution in [1.29, 1.82) is 0 Å². The Kier molecular flexibility index (Phi) is 14.9. The lowest BCUT2D eigenvalue weighted by Gasteiger charge is -2.18. The van der Waals surface area contributed by atoms with Crippen LogP contribution in [0.2, 0.25) is 0 Å². The van der Waals surface area contributed by atoms with Crippen molar-refractivity contribution in [2.45, 2.75) is 109 Å². The molecule has 2 aromatic carbocycles. The van der Waals surface area contributed by atoms with Crippen LogP contribution in [0.3, 0.4) is 0 Å². The van der Waals surface area contributed by atoms with E-state index in [1.165, 1.54) is 40.4 Å². The number of aromatic nitrogens is 10. The average molecular weight is 995 g/mol. The number of hydrogen-bond acceptors (Lipinski definition) is 15. The van der Waals surface area contributed by atoms with Crippen molar-refractivity contribution in [3.63, 3.8) is 0 Å². The first kappa shape index (κ1) is 51.6. The Balaban J connectivity index is 0.000000161. The minimum atomic E-state index is -1.11. The Labute approximate surface area is 423 Å². The van der Waals surface area contributed by atoms with Gasteiger partial charge in [-0.2, -0.15) is 4.98 Å². The molecule has 2 aliphatic carbocycles. The van der Waals surface area contributed by atoms with Gasteiger partial charge >= 0.3 is 0 Å². The maximum absolute atomic E-state index is 13.1. The zero-order chi connectivity index (χ0) is 51.8. The summed E-state index contributed by atoms with van der Waals surface area (Å²) >= 11 is 1.41. The average Bonchev–Trinajstić information content (AvgIpc) is 4.12. The van der Waals surface area contributed by atoms with Gasteiger partial charge in [0, 0.05) is 48.9 Å². The summed E-state index contributed by atoms with van der Waals surface area (Å²) in [5, 5.41) is 25.4. The van der Waals surface area contributed by atoms with E-state index in [1.807, 2.05) is 44.4 Å². The fraction of sp³-hybridized carbons (Fsp3) is 0.396.